The molecule has 0 saturated heterocycles. The predicted octanol–water partition coefficient (Wildman–Crippen LogP) is 7.47. The smallest absolute Gasteiger partial charge is 0.453 e. The number of benzene rings is 2. The summed E-state index contributed by atoms with van der Waals surface area (Å²) in [5, 5.41) is 10.4. The van der Waals surface area contributed by atoms with Crippen molar-refractivity contribution in [2.45, 2.75) is 52.3 Å². The number of rotatable bonds is 10. The van der Waals surface area contributed by atoms with Crippen LogP contribution in [0.1, 0.15) is 50.9 Å². The molecule has 0 spiro atoms. The Morgan fingerprint density at radius 1 is 1.06 bits per heavy atom. The van der Waals surface area contributed by atoms with E-state index in [-0.39, 0.29) is 34.6 Å². The Bertz CT molecular complexity index is 1190. The molecule has 0 atom stereocenters. The number of nitrogens with zero attached hydrogens (tertiary/aromatic N) is 1. The van der Waals surface area contributed by atoms with E-state index in [0.29, 0.717) is 17.6 Å². The van der Waals surface area contributed by atoms with Crippen molar-refractivity contribution in [3.8, 4) is 17.2 Å². The number of aromatic hydroxyl groups is 1. The Hall–Kier alpha value is -2.52. The first-order valence-electron chi connectivity index (χ1n) is 11.2. The predicted molar refractivity (Wildman–Crippen MR) is 128 cm³/mol. The SMILES string of the molecule is CCCCN(CCCC)Cc1c(O)ccc2c(=O)c(Oc3ccccc3Br)c(C(F)(F)F)oc12. The highest BCUT2D eigenvalue weighted by Gasteiger charge is 2.41. The number of phenols is 1. The van der Waals surface area contributed by atoms with Gasteiger partial charge in [0, 0.05) is 6.54 Å². The van der Waals surface area contributed by atoms with E-state index in [9.17, 15) is 23.1 Å². The van der Waals surface area contributed by atoms with E-state index in [1.807, 2.05) is 0 Å². The Labute approximate surface area is 204 Å². The summed E-state index contributed by atoms with van der Waals surface area (Å²) < 4.78 is 53.1. The van der Waals surface area contributed by atoms with Gasteiger partial charge in [-0.15, -0.1) is 0 Å². The number of fused-ring (bicyclic) bond motifs is 1. The van der Waals surface area contributed by atoms with Gasteiger partial charge in [0.05, 0.1) is 15.4 Å². The Kier molecular flexibility index (Phi) is 8.65. The summed E-state index contributed by atoms with van der Waals surface area (Å²) in [5.41, 5.74) is -1.09. The van der Waals surface area contributed by atoms with Crippen LogP contribution in [0, 0.1) is 0 Å². The lowest BCUT2D eigenvalue weighted by molar-refractivity contribution is -0.154. The molecule has 3 rings (SSSR count). The number of ether oxygens (including phenoxy) is 1. The molecular weight excluding hydrogens is 515 g/mol. The number of unbranched alkanes of at least 4 members (excludes halogenated alkanes) is 2. The van der Waals surface area contributed by atoms with Crippen molar-refractivity contribution in [1.29, 1.82) is 0 Å². The van der Waals surface area contributed by atoms with E-state index in [1.165, 1.54) is 18.2 Å². The fraction of sp³-hybridized carbons (Fsp3) is 0.400. The van der Waals surface area contributed by atoms with E-state index in [1.54, 1.807) is 18.2 Å². The van der Waals surface area contributed by atoms with E-state index in [4.69, 9.17) is 9.15 Å². The first kappa shape index (κ1) is 26.1. The summed E-state index contributed by atoms with van der Waals surface area (Å²) in [7, 11) is 0. The number of alkyl halides is 3. The van der Waals surface area contributed by atoms with Gasteiger partial charge < -0.3 is 14.3 Å². The zero-order valence-corrected chi connectivity index (χ0v) is 20.6. The third-order valence-corrected chi connectivity index (χ3v) is 6.10. The second kappa shape index (κ2) is 11.3. The molecule has 3 aromatic rings. The minimum Gasteiger partial charge on any atom is -0.507 e. The van der Waals surface area contributed by atoms with Crippen LogP contribution in [-0.2, 0) is 12.7 Å². The summed E-state index contributed by atoms with van der Waals surface area (Å²) in [6.45, 7) is 5.69. The monoisotopic (exact) mass is 541 g/mol. The number of hydrogen-bond donors (Lipinski definition) is 1. The van der Waals surface area contributed by atoms with Crippen LogP contribution in [0.5, 0.6) is 17.2 Å². The number of phenolic OH excluding ortho intramolecular Hbond substituents is 1. The standard InChI is InChI=1S/C25H27BrF3NO4/c1-3-5-13-30(14-6-4-2)15-17-19(31)12-11-16-21(32)23(24(25(27,28)29)34-22(16)17)33-20-10-8-7-9-18(20)26/h7-12,31H,3-6,13-15H2,1-2H3. The van der Waals surface area contributed by atoms with Crippen molar-refractivity contribution in [2.24, 2.45) is 0 Å². The molecule has 34 heavy (non-hydrogen) atoms. The average molecular weight is 542 g/mol. The first-order chi connectivity index (χ1) is 16.2. The van der Waals surface area contributed by atoms with Crippen molar-refractivity contribution in [1.82, 2.24) is 4.90 Å². The van der Waals surface area contributed by atoms with Gasteiger partial charge in [-0.1, -0.05) is 38.8 Å². The van der Waals surface area contributed by atoms with Gasteiger partial charge >= 0.3 is 6.18 Å². The minimum atomic E-state index is -4.99. The van der Waals surface area contributed by atoms with Crippen molar-refractivity contribution in [3.05, 3.63) is 62.4 Å². The van der Waals surface area contributed by atoms with Gasteiger partial charge in [0.1, 0.15) is 17.1 Å². The lowest BCUT2D eigenvalue weighted by Gasteiger charge is -2.23. The molecule has 0 fully saturated rings. The summed E-state index contributed by atoms with van der Waals surface area (Å²) in [6, 6.07) is 8.84. The molecule has 1 N–H and O–H groups in total. The lowest BCUT2D eigenvalue weighted by atomic mass is 10.1. The van der Waals surface area contributed by atoms with Crippen molar-refractivity contribution in [2.75, 3.05) is 13.1 Å². The maximum absolute atomic E-state index is 14.0. The van der Waals surface area contributed by atoms with Crippen LogP contribution >= 0.6 is 15.9 Å². The highest BCUT2D eigenvalue weighted by Crippen LogP contribution is 2.41. The molecule has 1 aromatic heterocycles. The van der Waals surface area contributed by atoms with Crippen molar-refractivity contribution >= 4 is 26.9 Å². The molecule has 1 heterocycles. The molecule has 0 amide bonds. The van der Waals surface area contributed by atoms with Crippen molar-refractivity contribution < 1.29 is 27.4 Å². The third-order valence-electron chi connectivity index (χ3n) is 5.44. The molecule has 0 saturated carbocycles. The lowest BCUT2D eigenvalue weighted by Crippen LogP contribution is -2.26. The fourth-order valence-corrected chi connectivity index (χ4v) is 3.98. The quantitative estimate of drug-likeness (QED) is 0.288. The molecule has 9 heteroatoms. The zero-order valence-electron chi connectivity index (χ0n) is 19.0. The van der Waals surface area contributed by atoms with Crippen LogP contribution < -0.4 is 10.2 Å². The minimum absolute atomic E-state index is 0.0453. The maximum atomic E-state index is 14.0. The summed E-state index contributed by atoms with van der Waals surface area (Å²) in [5.74, 6) is -2.66. The van der Waals surface area contributed by atoms with Crippen LogP contribution in [0.15, 0.2) is 50.1 Å². The Balaban J connectivity index is 2.17. The summed E-state index contributed by atoms with van der Waals surface area (Å²) in [4.78, 5) is 15.3. The molecule has 0 aliphatic heterocycles. The summed E-state index contributed by atoms with van der Waals surface area (Å²) in [6.07, 6.45) is -1.29. The topological polar surface area (TPSA) is 62.9 Å². The second-order valence-corrected chi connectivity index (χ2v) is 8.90. The van der Waals surface area contributed by atoms with Gasteiger partial charge in [-0.05, 0) is 66.1 Å². The average Bonchev–Trinajstić information content (AvgIpc) is 2.79. The Morgan fingerprint density at radius 2 is 1.71 bits per heavy atom. The van der Waals surface area contributed by atoms with Gasteiger partial charge in [0.25, 0.3) is 5.76 Å². The molecule has 0 radical (unpaired) electrons. The molecule has 2 aromatic carbocycles. The van der Waals surface area contributed by atoms with E-state index >= 15 is 0 Å². The third kappa shape index (κ3) is 5.93. The largest absolute Gasteiger partial charge is 0.507 e. The zero-order chi connectivity index (χ0) is 24.9. The molecule has 5 nitrogen and oxygen atoms in total. The maximum Gasteiger partial charge on any atom is 0.453 e. The van der Waals surface area contributed by atoms with Crippen molar-refractivity contribution in [3.63, 3.8) is 0 Å². The highest BCUT2D eigenvalue weighted by atomic mass is 79.9. The van der Waals surface area contributed by atoms with Gasteiger partial charge in [-0.3, -0.25) is 9.69 Å². The number of para-hydroxylation sites is 1. The van der Waals surface area contributed by atoms with E-state index < -0.39 is 23.1 Å². The van der Waals surface area contributed by atoms with Gasteiger partial charge in [0.15, 0.2) is 0 Å². The van der Waals surface area contributed by atoms with Gasteiger partial charge in [-0.2, -0.15) is 13.2 Å². The second-order valence-electron chi connectivity index (χ2n) is 8.04. The molecule has 0 aliphatic carbocycles. The molecule has 184 valence electrons. The van der Waals surface area contributed by atoms with Crippen LogP contribution in [0.2, 0.25) is 0 Å². The molecule has 0 bridgehead atoms. The van der Waals surface area contributed by atoms with Gasteiger partial charge in [-0.25, -0.2) is 0 Å². The normalized spacial score (nSPS) is 12.0. The van der Waals surface area contributed by atoms with E-state index in [0.717, 1.165) is 25.7 Å². The van der Waals surface area contributed by atoms with Crippen LogP contribution in [-0.4, -0.2) is 23.1 Å². The van der Waals surface area contributed by atoms with Crippen LogP contribution in [0.25, 0.3) is 11.0 Å². The first-order valence-corrected chi connectivity index (χ1v) is 12.0. The summed E-state index contributed by atoms with van der Waals surface area (Å²) >= 11 is 3.22. The Morgan fingerprint density at radius 3 is 2.29 bits per heavy atom. The highest BCUT2D eigenvalue weighted by molar-refractivity contribution is 9.10. The van der Waals surface area contributed by atoms with Crippen LogP contribution in [0.4, 0.5) is 13.2 Å². The number of halogens is 4. The van der Waals surface area contributed by atoms with E-state index in [2.05, 4.69) is 34.7 Å². The molecule has 0 unspecified atom stereocenters. The molecular formula is C25H27BrF3NO4. The van der Waals surface area contributed by atoms with Crippen LogP contribution in [0.3, 0.4) is 0 Å². The number of hydrogen-bond acceptors (Lipinski definition) is 5. The van der Waals surface area contributed by atoms with Gasteiger partial charge in [0.2, 0.25) is 11.2 Å². The molecule has 0 aliphatic rings. The fourth-order valence-electron chi connectivity index (χ4n) is 3.61.